The van der Waals surface area contributed by atoms with E-state index in [0.29, 0.717) is 6.54 Å². The first-order valence-corrected chi connectivity index (χ1v) is 8.45. The fourth-order valence-corrected chi connectivity index (χ4v) is 3.90. The minimum absolute atomic E-state index is 0.0169. The van der Waals surface area contributed by atoms with Gasteiger partial charge in [0.2, 0.25) is 0 Å². The molecule has 2 amide bonds. The molecule has 22 heavy (non-hydrogen) atoms. The highest BCUT2D eigenvalue weighted by Gasteiger charge is 2.30. The van der Waals surface area contributed by atoms with E-state index >= 15 is 0 Å². The molecule has 5 heteroatoms. The molecule has 0 fully saturated rings. The van der Waals surface area contributed by atoms with E-state index in [1.807, 2.05) is 17.0 Å². The minimum atomic E-state index is -0.0169. The molecule has 1 aliphatic heterocycles. The molecule has 2 N–H and O–H groups in total. The molecule has 0 spiro atoms. The third-order valence-corrected chi connectivity index (χ3v) is 5.12. The molecule has 2 aromatic rings. The molecule has 1 aromatic carbocycles. The van der Waals surface area contributed by atoms with Crippen LogP contribution >= 0.6 is 11.3 Å². The van der Waals surface area contributed by atoms with Crippen molar-refractivity contribution in [1.29, 1.82) is 0 Å². The minimum Gasteiger partial charge on any atom is -0.508 e. The summed E-state index contributed by atoms with van der Waals surface area (Å²) in [4.78, 5) is 15.9. The van der Waals surface area contributed by atoms with Crippen molar-refractivity contribution in [3.05, 3.63) is 51.7 Å². The molecule has 2 heterocycles. The monoisotopic (exact) mass is 316 g/mol. The molecule has 0 radical (unpaired) electrons. The van der Waals surface area contributed by atoms with Crippen LogP contribution in [0.5, 0.6) is 5.75 Å². The lowest BCUT2D eigenvalue weighted by atomic mass is 9.98. The lowest BCUT2D eigenvalue weighted by Crippen LogP contribution is -2.44. The van der Waals surface area contributed by atoms with Crippen molar-refractivity contribution in [2.45, 2.75) is 32.4 Å². The third kappa shape index (κ3) is 2.95. The number of hydrogen-bond donors (Lipinski definition) is 2. The SMILES string of the molecule is CC[C@@H]1c2ccsc2CCN1C(=O)NCc1ccc(O)cc1. The molecule has 0 saturated carbocycles. The number of amides is 2. The maximum atomic E-state index is 12.5. The summed E-state index contributed by atoms with van der Waals surface area (Å²) >= 11 is 1.79. The molecule has 0 saturated heterocycles. The Labute approximate surface area is 134 Å². The first kappa shape index (κ1) is 14.9. The molecule has 1 aliphatic rings. The Balaban J connectivity index is 1.66. The van der Waals surface area contributed by atoms with Gasteiger partial charge in [-0.25, -0.2) is 4.79 Å². The largest absolute Gasteiger partial charge is 0.508 e. The van der Waals surface area contributed by atoms with Crippen molar-refractivity contribution >= 4 is 17.4 Å². The first-order valence-electron chi connectivity index (χ1n) is 7.57. The van der Waals surface area contributed by atoms with Crippen LogP contribution in [0.4, 0.5) is 4.79 Å². The number of thiophene rings is 1. The lowest BCUT2D eigenvalue weighted by Gasteiger charge is -2.35. The van der Waals surface area contributed by atoms with Gasteiger partial charge in [0.05, 0.1) is 6.04 Å². The summed E-state index contributed by atoms with van der Waals surface area (Å²) in [5.41, 5.74) is 2.28. The maximum Gasteiger partial charge on any atom is 0.318 e. The smallest absolute Gasteiger partial charge is 0.318 e. The average Bonchev–Trinajstić information content (AvgIpc) is 3.01. The molecule has 1 atom stereocenters. The van der Waals surface area contributed by atoms with E-state index in [2.05, 4.69) is 23.7 Å². The van der Waals surface area contributed by atoms with Crippen molar-refractivity contribution in [2.75, 3.05) is 6.54 Å². The highest BCUT2D eigenvalue weighted by atomic mass is 32.1. The van der Waals surface area contributed by atoms with Gasteiger partial charge in [0.1, 0.15) is 5.75 Å². The van der Waals surface area contributed by atoms with Crippen molar-refractivity contribution in [3.63, 3.8) is 0 Å². The van der Waals surface area contributed by atoms with Gasteiger partial charge in [-0.05, 0) is 47.5 Å². The fraction of sp³-hybridized carbons (Fsp3) is 0.353. The van der Waals surface area contributed by atoms with E-state index in [1.54, 1.807) is 23.5 Å². The maximum absolute atomic E-state index is 12.5. The fourth-order valence-electron chi connectivity index (χ4n) is 2.97. The second-order valence-corrected chi connectivity index (χ2v) is 6.49. The quantitative estimate of drug-likeness (QED) is 0.907. The highest BCUT2D eigenvalue weighted by Crippen LogP contribution is 2.35. The first-order chi connectivity index (χ1) is 10.7. The normalized spacial score (nSPS) is 17.1. The van der Waals surface area contributed by atoms with Gasteiger partial charge in [-0.15, -0.1) is 11.3 Å². The number of phenolic OH excluding ortho intramolecular Hbond substituents is 1. The van der Waals surface area contributed by atoms with Crippen LogP contribution in [-0.2, 0) is 13.0 Å². The van der Waals surface area contributed by atoms with Crippen molar-refractivity contribution in [3.8, 4) is 5.75 Å². The van der Waals surface area contributed by atoms with E-state index < -0.39 is 0 Å². The number of urea groups is 1. The van der Waals surface area contributed by atoms with E-state index in [9.17, 15) is 9.90 Å². The molecule has 3 rings (SSSR count). The number of rotatable bonds is 3. The standard InChI is InChI=1S/C17H20N2O2S/c1-2-15-14-8-10-22-16(14)7-9-19(15)17(21)18-11-12-3-5-13(20)6-4-12/h3-6,8,10,15,20H,2,7,9,11H2,1H3,(H,18,21)/t15-/m1/s1. The number of carbonyl (C=O) groups excluding carboxylic acids is 1. The lowest BCUT2D eigenvalue weighted by molar-refractivity contribution is 0.167. The number of benzene rings is 1. The van der Waals surface area contributed by atoms with Crippen molar-refractivity contribution in [2.24, 2.45) is 0 Å². The van der Waals surface area contributed by atoms with Crippen LogP contribution < -0.4 is 5.32 Å². The van der Waals surface area contributed by atoms with Gasteiger partial charge in [-0.3, -0.25) is 0 Å². The van der Waals surface area contributed by atoms with Gasteiger partial charge < -0.3 is 15.3 Å². The molecule has 4 nitrogen and oxygen atoms in total. The van der Waals surface area contributed by atoms with Gasteiger partial charge in [0, 0.05) is 18.0 Å². The number of phenols is 1. The van der Waals surface area contributed by atoms with Gasteiger partial charge in [0.15, 0.2) is 0 Å². The van der Waals surface area contributed by atoms with Crippen LogP contribution in [0.2, 0.25) is 0 Å². The Hall–Kier alpha value is -2.01. The third-order valence-electron chi connectivity index (χ3n) is 4.12. The van der Waals surface area contributed by atoms with Gasteiger partial charge in [-0.2, -0.15) is 0 Å². The van der Waals surface area contributed by atoms with E-state index in [-0.39, 0.29) is 17.8 Å². The zero-order valence-electron chi connectivity index (χ0n) is 12.6. The van der Waals surface area contributed by atoms with Crippen LogP contribution in [0.1, 0.15) is 35.4 Å². The molecule has 0 unspecified atom stereocenters. The molecule has 0 bridgehead atoms. The molecule has 1 aromatic heterocycles. The van der Waals surface area contributed by atoms with Gasteiger partial charge in [-0.1, -0.05) is 19.1 Å². The number of hydrogen-bond acceptors (Lipinski definition) is 3. The average molecular weight is 316 g/mol. The second kappa shape index (κ2) is 6.40. The van der Waals surface area contributed by atoms with E-state index in [4.69, 9.17) is 0 Å². The zero-order chi connectivity index (χ0) is 15.5. The van der Waals surface area contributed by atoms with Gasteiger partial charge >= 0.3 is 6.03 Å². The Morgan fingerprint density at radius 1 is 1.36 bits per heavy atom. The van der Waals surface area contributed by atoms with E-state index in [1.165, 1.54) is 10.4 Å². The highest BCUT2D eigenvalue weighted by molar-refractivity contribution is 7.10. The Kier molecular flexibility index (Phi) is 4.34. The van der Waals surface area contributed by atoms with Crippen molar-refractivity contribution < 1.29 is 9.90 Å². The zero-order valence-corrected chi connectivity index (χ0v) is 13.4. The van der Waals surface area contributed by atoms with E-state index in [0.717, 1.165) is 24.9 Å². The molecule has 0 aliphatic carbocycles. The summed E-state index contributed by atoms with van der Waals surface area (Å²) in [7, 11) is 0. The Morgan fingerprint density at radius 3 is 2.86 bits per heavy atom. The predicted molar refractivity (Wildman–Crippen MR) is 88.1 cm³/mol. The summed E-state index contributed by atoms with van der Waals surface area (Å²) in [6.07, 6.45) is 1.87. The molecule has 116 valence electrons. The van der Waals surface area contributed by atoms with Crippen LogP contribution in [-0.4, -0.2) is 22.6 Å². The number of nitrogens with zero attached hydrogens (tertiary/aromatic N) is 1. The molecular formula is C17H20N2O2S. The predicted octanol–water partition coefficient (Wildman–Crippen LogP) is 3.67. The topological polar surface area (TPSA) is 52.6 Å². The van der Waals surface area contributed by atoms with Crippen LogP contribution in [0, 0.1) is 0 Å². The summed E-state index contributed by atoms with van der Waals surface area (Å²) in [5.74, 6) is 0.238. The number of aromatic hydroxyl groups is 1. The Bertz CT molecular complexity index is 651. The van der Waals surface area contributed by atoms with Gasteiger partial charge in [0.25, 0.3) is 0 Å². The summed E-state index contributed by atoms with van der Waals surface area (Å²) < 4.78 is 0. The molecular weight excluding hydrogens is 296 g/mol. The summed E-state index contributed by atoms with van der Waals surface area (Å²) in [6.45, 7) is 3.37. The summed E-state index contributed by atoms with van der Waals surface area (Å²) in [5, 5.41) is 14.4. The van der Waals surface area contributed by atoms with Crippen molar-refractivity contribution in [1.82, 2.24) is 10.2 Å². The van der Waals surface area contributed by atoms with Crippen LogP contribution in [0.3, 0.4) is 0 Å². The second-order valence-electron chi connectivity index (χ2n) is 5.49. The Morgan fingerprint density at radius 2 is 2.14 bits per heavy atom. The number of nitrogens with one attached hydrogen (secondary N) is 1. The summed E-state index contributed by atoms with van der Waals surface area (Å²) in [6, 6.07) is 9.21. The van der Waals surface area contributed by atoms with Crippen LogP contribution in [0.25, 0.3) is 0 Å². The van der Waals surface area contributed by atoms with Crippen LogP contribution in [0.15, 0.2) is 35.7 Å². The number of carbonyl (C=O) groups is 1. The number of fused-ring (bicyclic) bond motifs is 1.